The molecule has 1 saturated carbocycles. The highest BCUT2D eigenvalue weighted by Crippen LogP contribution is 2.32. The molecular formula is C21H26N4O4. The van der Waals surface area contributed by atoms with Crippen molar-refractivity contribution < 1.29 is 9.84 Å². The maximum absolute atomic E-state index is 12.5. The smallest absolute Gasteiger partial charge is 0.331 e. The Bertz CT molecular complexity index is 1020. The summed E-state index contributed by atoms with van der Waals surface area (Å²) in [6.07, 6.45) is 5.22. The van der Waals surface area contributed by atoms with Gasteiger partial charge in [-0.2, -0.15) is 5.10 Å². The average molecular weight is 398 g/mol. The van der Waals surface area contributed by atoms with Crippen LogP contribution in [0.3, 0.4) is 0 Å². The monoisotopic (exact) mass is 398 g/mol. The largest absolute Gasteiger partial charge is 0.494 e. The molecule has 3 N–H and O–H groups in total. The van der Waals surface area contributed by atoms with Crippen LogP contribution in [0.4, 0.5) is 0 Å². The van der Waals surface area contributed by atoms with Crippen molar-refractivity contribution in [2.75, 3.05) is 6.61 Å². The van der Waals surface area contributed by atoms with E-state index in [-0.39, 0.29) is 23.5 Å². The molecule has 0 saturated heterocycles. The lowest BCUT2D eigenvalue weighted by Gasteiger charge is -2.25. The normalized spacial score (nSPS) is 19.6. The maximum Gasteiger partial charge on any atom is 0.331 e. The van der Waals surface area contributed by atoms with Crippen molar-refractivity contribution in [3.63, 3.8) is 0 Å². The van der Waals surface area contributed by atoms with E-state index in [4.69, 9.17) is 4.74 Å². The van der Waals surface area contributed by atoms with Gasteiger partial charge in [0.15, 0.2) is 0 Å². The summed E-state index contributed by atoms with van der Waals surface area (Å²) >= 11 is 0. The van der Waals surface area contributed by atoms with Crippen molar-refractivity contribution in [1.29, 1.82) is 0 Å². The summed E-state index contributed by atoms with van der Waals surface area (Å²) in [7, 11) is 0. The summed E-state index contributed by atoms with van der Waals surface area (Å²) in [5.74, 6) is 0.516. The molecule has 4 rings (SSSR count). The molecule has 154 valence electrons. The number of aromatic hydroxyl groups is 1. The molecule has 2 heterocycles. The van der Waals surface area contributed by atoms with E-state index in [1.807, 2.05) is 31.2 Å². The van der Waals surface area contributed by atoms with Crippen LogP contribution in [0.2, 0.25) is 0 Å². The van der Waals surface area contributed by atoms with Crippen molar-refractivity contribution in [3.05, 3.63) is 56.2 Å². The zero-order valence-corrected chi connectivity index (χ0v) is 16.5. The molecule has 0 bridgehead atoms. The second kappa shape index (κ2) is 8.14. The van der Waals surface area contributed by atoms with Gasteiger partial charge >= 0.3 is 5.69 Å². The predicted octanol–water partition coefficient (Wildman–Crippen LogP) is 2.58. The van der Waals surface area contributed by atoms with Gasteiger partial charge in [0.1, 0.15) is 11.3 Å². The van der Waals surface area contributed by atoms with Crippen molar-refractivity contribution >= 4 is 5.71 Å². The van der Waals surface area contributed by atoms with E-state index >= 15 is 0 Å². The standard InChI is InChI=1S/C21H26N4O4/c1-2-29-15-10-8-13(9-11-15)16-12-17(24-23-16)18-19(26)22-21(28)25(20(18)27)14-6-4-3-5-7-14/h8-11,14,16,23,27H,2-7,12H2,1H3,(H,22,26,28)/t16-/m1/s1. The number of H-pyrrole nitrogens is 1. The fourth-order valence-electron chi connectivity index (χ4n) is 4.23. The molecule has 1 aromatic carbocycles. The summed E-state index contributed by atoms with van der Waals surface area (Å²) in [6, 6.07) is 7.48. The fourth-order valence-corrected chi connectivity index (χ4v) is 4.23. The molecule has 0 amide bonds. The van der Waals surface area contributed by atoms with Crippen LogP contribution in [0.5, 0.6) is 11.6 Å². The molecule has 1 atom stereocenters. The minimum Gasteiger partial charge on any atom is -0.494 e. The number of nitrogens with one attached hydrogen (secondary N) is 2. The number of aromatic amines is 1. The molecule has 2 aromatic rings. The highest BCUT2D eigenvalue weighted by atomic mass is 16.5. The molecule has 1 fully saturated rings. The van der Waals surface area contributed by atoms with E-state index in [0.717, 1.165) is 43.4 Å². The Morgan fingerprint density at radius 2 is 1.90 bits per heavy atom. The van der Waals surface area contributed by atoms with Crippen molar-refractivity contribution in [2.45, 2.75) is 57.5 Å². The van der Waals surface area contributed by atoms with Crippen LogP contribution in [0, 0.1) is 0 Å². The molecule has 1 aliphatic heterocycles. The van der Waals surface area contributed by atoms with Crippen LogP contribution in [-0.4, -0.2) is 27.0 Å². The number of nitrogens with zero attached hydrogens (tertiary/aromatic N) is 2. The molecular weight excluding hydrogens is 372 g/mol. The molecule has 8 heteroatoms. The Balaban J connectivity index is 1.60. The van der Waals surface area contributed by atoms with Gasteiger partial charge in [-0.25, -0.2) is 4.79 Å². The second-order valence-corrected chi connectivity index (χ2v) is 7.57. The van der Waals surface area contributed by atoms with E-state index < -0.39 is 11.2 Å². The van der Waals surface area contributed by atoms with Gasteiger partial charge in [-0.1, -0.05) is 31.4 Å². The quantitative estimate of drug-likeness (QED) is 0.717. The number of ether oxygens (including phenoxy) is 1. The maximum atomic E-state index is 12.5. The van der Waals surface area contributed by atoms with Gasteiger partial charge in [-0.3, -0.25) is 14.3 Å². The SMILES string of the molecule is CCOc1ccc([C@H]2CC(c3c(O)n(C4CCCCC4)c(=O)[nH]c3=O)=NN2)cc1. The molecule has 0 unspecified atom stereocenters. The van der Waals surface area contributed by atoms with Gasteiger partial charge in [-0.15, -0.1) is 0 Å². The number of hydrazone groups is 1. The molecule has 1 aliphatic carbocycles. The first-order valence-electron chi connectivity index (χ1n) is 10.2. The van der Waals surface area contributed by atoms with Crippen LogP contribution >= 0.6 is 0 Å². The summed E-state index contributed by atoms with van der Waals surface area (Å²) < 4.78 is 6.80. The summed E-state index contributed by atoms with van der Waals surface area (Å²) in [5.41, 5.74) is 3.41. The lowest BCUT2D eigenvalue weighted by Crippen LogP contribution is -2.36. The molecule has 1 aromatic heterocycles. The highest BCUT2D eigenvalue weighted by Gasteiger charge is 2.29. The zero-order chi connectivity index (χ0) is 20.4. The van der Waals surface area contributed by atoms with Gasteiger partial charge in [0, 0.05) is 12.5 Å². The molecule has 2 aliphatic rings. The van der Waals surface area contributed by atoms with Gasteiger partial charge < -0.3 is 15.3 Å². The van der Waals surface area contributed by atoms with E-state index in [1.54, 1.807) is 0 Å². The van der Waals surface area contributed by atoms with Gasteiger partial charge in [0.2, 0.25) is 5.88 Å². The first kappa shape index (κ1) is 19.3. The topological polar surface area (TPSA) is 109 Å². The van der Waals surface area contributed by atoms with E-state index in [1.165, 1.54) is 4.57 Å². The fraction of sp³-hybridized carbons (Fsp3) is 0.476. The third-order valence-electron chi connectivity index (χ3n) is 5.69. The lowest BCUT2D eigenvalue weighted by atomic mass is 9.95. The number of aromatic nitrogens is 2. The highest BCUT2D eigenvalue weighted by molar-refractivity contribution is 6.03. The molecule has 0 spiro atoms. The van der Waals surface area contributed by atoms with Crippen molar-refractivity contribution in [3.8, 4) is 11.6 Å². The summed E-state index contributed by atoms with van der Waals surface area (Å²) in [5, 5.41) is 15.1. The summed E-state index contributed by atoms with van der Waals surface area (Å²) in [4.78, 5) is 27.2. The second-order valence-electron chi connectivity index (χ2n) is 7.57. The van der Waals surface area contributed by atoms with E-state index in [9.17, 15) is 14.7 Å². The van der Waals surface area contributed by atoms with Crippen molar-refractivity contribution in [2.24, 2.45) is 5.10 Å². The van der Waals surface area contributed by atoms with Crippen LogP contribution in [0.1, 0.15) is 68.7 Å². The van der Waals surface area contributed by atoms with E-state index in [0.29, 0.717) is 18.7 Å². The van der Waals surface area contributed by atoms with Gasteiger partial charge in [-0.05, 0) is 37.5 Å². The Hall–Kier alpha value is -3.03. The van der Waals surface area contributed by atoms with Crippen molar-refractivity contribution in [1.82, 2.24) is 15.0 Å². The molecule has 0 radical (unpaired) electrons. The Kier molecular flexibility index (Phi) is 5.42. The molecule has 8 nitrogen and oxygen atoms in total. The van der Waals surface area contributed by atoms with Crippen LogP contribution in [0.25, 0.3) is 0 Å². The van der Waals surface area contributed by atoms with Crippen LogP contribution in [0.15, 0.2) is 39.0 Å². The minimum atomic E-state index is -0.604. The predicted molar refractivity (Wildman–Crippen MR) is 110 cm³/mol. The van der Waals surface area contributed by atoms with Crippen LogP contribution in [-0.2, 0) is 0 Å². The number of hydrogen-bond donors (Lipinski definition) is 3. The molecule has 29 heavy (non-hydrogen) atoms. The van der Waals surface area contributed by atoms with Crippen LogP contribution < -0.4 is 21.4 Å². The first-order chi connectivity index (χ1) is 14.1. The number of hydrogen-bond acceptors (Lipinski definition) is 6. The average Bonchev–Trinajstić information content (AvgIpc) is 3.19. The van der Waals surface area contributed by atoms with E-state index in [2.05, 4.69) is 15.5 Å². The number of rotatable bonds is 5. The lowest BCUT2D eigenvalue weighted by molar-refractivity contribution is 0.298. The Morgan fingerprint density at radius 3 is 2.59 bits per heavy atom. The minimum absolute atomic E-state index is 0.0797. The number of benzene rings is 1. The third kappa shape index (κ3) is 3.79. The van der Waals surface area contributed by atoms with Gasteiger partial charge in [0.05, 0.1) is 18.4 Å². The Labute approximate surface area is 168 Å². The van der Waals surface area contributed by atoms with Gasteiger partial charge in [0.25, 0.3) is 5.56 Å². The first-order valence-corrected chi connectivity index (χ1v) is 10.2. The Morgan fingerprint density at radius 1 is 1.17 bits per heavy atom. The zero-order valence-electron chi connectivity index (χ0n) is 16.5. The summed E-state index contributed by atoms with van der Waals surface area (Å²) in [6.45, 7) is 2.54. The third-order valence-corrected chi connectivity index (χ3v) is 5.69.